The summed E-state index contributed by atoms with van der Waals surface area (Å²) in [5.41, 5.74) is 7.46. The molecule has 2 aromatic rings. The van der Waals surface area contributed by atoms with Gasteiger partial charge in [-0.15, -0.1) is 11.8 Å². The zero-order valence-corrected chi connectivity index (χ0v) is 8.33. The SMILES string of the molecule is Nc1ccc(SCc2cnoc2)cc1. The zero-order valence-electron chi connectivity index (χ0n) is 7.51. The summed E-state index contributed by atoms with van der Waals surface area (Å²) in [6.07, 6.45) is 3.38. The van der Waals surface area contributed by atoms with Crippen molar-refractivity contribution in [3.05, 3.63) is 42.3 Å². The number of nitrogens with two attached hydrogens (primary N) is 1. The zero-order chi connectivity index (χ0) is 9.80. The molecule has 0 saturated heterocycles. The number of nitrogen functional groups attached to an aromatic ring is 1. The summed E-state index contributed by atoms with van der Waals surface area (Å²) >= 11 is 1.73. The topological polar surface area (TPSA) is 52.0 Å². The van der Waals surface area contributed by atoms with Crippen LogP contribution in [0.4, 0.5) is 5.69 Å². The Labute approximate surface area is 86.3 Å². The first-order valence-electron chi connectivity index (χ1n) is 4.21. The predicted molar refractivity (Wildman–Crippen MR) is 56.9 cm³/mol. The van der Waals surface area contributed by atoms with Gasteiger partial charge in [0.15, 0.2) is 0 Å². The fourth-order valence-electron chi connectivity index (χ4n) is 1.03. The third-order valence-corrected chi connectivity index (χ3v) is 2.85. The minimum absolute atomic E-state index is 0.791. The lowest BCUT2D eigenvalue weighted by atomic mass is 10.3. The number of aromatic nitrogens is 1. The van der Waals surface area contributed by atoms with Gasteiger partial charge in [0.25, 0.3) is 0 Å². The van der Waals surface area contributed by atoms with Gasteiger partial charge in [-0.1, -0.05) is 5.16 Å². The summed E-state index contributed by atoms with van der Waals surface area (Å²) in [7, 11) is 0. The second kappa shape index (κ2) is 4.19. The van der Waals surface area contributed by atoms with E-state index in [2.05, 4.69) is 5.16 Å². The van der Waals surface area contributed by atoms with Crippen molar-refractivity contribution in [2.45, 2.75) is 10.6 Å². The van der Waals surface area contributed by atoms with E-state index in [0.29, 0.717) is 0 Å². The summed E-state index contributed by atoms with van der Waals surface area (Å²) in [5, 5.41) is 3.64. The standard InChI is InChI=1S/C10H10N2OS/c11-9-1-3-10(4-2-9)14-7-8-5-12-13-6-8/h1-6H,7,11H2. The molecule has 2 N–H and O–H groups in total. The quantitative estimate of drug-likeness (QED) is 0.619. The molecule has 3 nitrogen and oxygen atoms in total. The number of hydrogen-bond acceptors (Lipinski definition) is 4. The van der Waals surface area contributed by atoms with E-state index < -0.39 is 0 Å². The van der Waals surface area contributed by atoms with Crippen molar-refractivity contribution >= 4 is 17.4 Å². The Balaban J connectivity index is 1.95. The van der Waals surface area contributed by atoms with Crippen LogP contribution in [0.2, 0.25) is 0 Å². The molecule has 0 spiro atoms. The normalized spacial score (nSPS) is 10.3. The molecule has 1 aromatic carbocycles. The van der Waals surface area contributed by atoms with E-state index in [1.54, 1.807) is 24.2 Å². The van der Waals surface area contributed by atoms with Crippen molar-refractivity contribution in [1.29, 1.82) is 0 Å². The number of hydrogen-bond donors (Lipinski definition) is 1. The van der Waals surface area contributed by atoms with E-state index in [-0.39, 0.29) is 0 Å². The van der Waals surface area contributed by atoms with Crippen molar-refractivity contribution in [2.75, 3.05) is 5.73 Å². The molecule has 0 unspecified atom stereocenters. The van der Waals surface area contributed by atoms with Crippen LogP contribution in [0.25, 0.3) is 0 Å². The third kappa shape index (κ3) is 2.29. The summed E-state index contributed by atoms with van der Waals surface area (Å²) in [4.78, 5) is 1.19. The van der Waals surface area contributed by atoms with Gasteiger partial charge < -0.3 is 10.3 Å². The fraction of sp³-hybridized carbons (Fsp3) is 0.100. The second-order valence-electron chi connectivity index (χ2n) is 2.89. The Morgan fingerprint density at radius 2 is 2.07 bits per heavy atom. The predicted octanol–water partition coefficient (Wildman–Crippen LogP) is 2.55. The minimum Gasteiger partial charge on any atom is -0.399 e. The molecule has 1 heterocycles. The first kappa shape index (κ1) is 9.15. The molecule has 0 saturated carbocycles. The van der Waals surface area contributed by atoms with Gasteiger partial charge >= 0.3 is 0 Å². The highest BCUT2D eigenvalue weighted by Crippen LogP contribution is 2.23. The number of benzene rings is 1. The summed E-state index contributed by atoms with van der Waals surface area (Å²) in [6.45, 7) is 0. The van der Waals surface area contributed by atoms with E-state index in [9.17, 15) is 0 Å². The Morgan fingerprint density at radius 3 is 2.71 bits per heavy atom. The van der Waals surface area contributed by atoms with Crippen molar-refractivity contribution in [1.82, 2.24) is 5.16 Å². The van der Waals surface area contributed by atoms with Crippen LogP contribution in [0.1, 0.15) is 5.56 Å². The van der Waals surface area contributed by atoms with Crippen LogP contribution in [-0.4, -0.2) is 5.16 Å². The molecule has 0 aliphatic rings. The Hall–Kier alpha value is -1.42. The molecule has 0 aliphatic heterocycles. The van der Waals surface area contributed by atoms with E-state index in [4.69, 9.17) is 10.3 Å². The van der Waals surface area contributed by atoms with Gasteiger partial charge in [0, 0.05) is 21.9 Å². The molecule has 1 aromatic heterocycles. The highest BCUT2D eigenvalue weighted by molar-refractivity contribution is 7.98. The molecule has 0 fully saturated rings. The maximum atomic E-state index is 5.58. The average Bonchev–Trinajstić information content (AvgIpc) is 2.70. The van der Waals surface area contributed by atoms with Crippen molar-refractivity contribution in [2.24, 2.45) is 0 Å². The highest BCUT2D eigenvalue weighted by atomic mass is 32.2. The van der Waals surface area contributed by atoms with Gasteiger partial charge in [-0.3, -0.25) is 0 Å². The smallest absolute Gasteiger partial charge is 0.127 e. The van der Waals surface area contributed by atoms with Crippen molar-refractivity contribution in [3.8, 4) is 0 Å². The summed E-state index contributed by atoms with van der Waals surface area (Å²) in [6, 6.07) is 7.81. The average molecular weight is 206 g/mol. The molecule has 0 bridgehead atoms. The molecule has 0 aliphatic carbocycles. The van der Waals surface area contributed by atoms with Crippen LogP contribution in [-0.2, 0) is 5.75 Å². The fourth-order valence-corrected chi connectivity index (χ4v) is 1.83. The molecule has 0 atom stereocenters. The van der Waals surface area contributed by atoms with E-state index in [1.807, 2.05) is 24.3 Å². The number of anilines is 1. The molecule has 0 radical (unpaired) electrons. The highest BCUT2D eigenvalue weighted by Gasteiger charge is 1.97. The largest absolute Gasteiger partial charge is 0.399 e. The van der Waals surface area contributed by atoms with Crippen LogP contribution < -0.4 is 5.73 Å². The third-order valence-electron chi connectivity index (χ3n) is 1.77. The molecular weight excluding hydrogens is 196 g/mol. The molecule has 14 heavy (non-hydrogen) atoms. The lowest BCUT2D eigenvalue weighted by Crippen LogP contribution is -1.82. The van der Waals surface area contributed by atoms with Crippen LogP contribution in [0, 0.1) is 0 Å². The first-order chi connectivity index (χ1) is 6.84. The van der Waals surface area contributed by atoms with Crippen LogP contribution in [0.5, 0.6) is 0 Å². The van der Waals surface area contributed by atoms with E-state index in [0.717, 1.165) is 17.0 Å². The Bertz CT molecular complexity index is 383. The maximum Gasteiger partial charge on any atom is 0.127 e. The van der Waals surface area contributed by atoms with Crippen LogP contribution >= 0.6 is 11.8 Å². The molecular formula is C10H10N2OS. The molecule has 72 valence electrons. The molecule has 4 heteroatoms. The van der Waals surface area contributed by atoms with Gasteiger partial charge in [0.1, 0.15) is 6.26 Å². The molecule has 0 amide bonds. The Morgan fingerprint density at radius 1 is 1.29 bits per heavy atom. The number of thioether (sulfide) groups is 1. The summed E-state index contributed by atoms with van der Waals surface area (Å²) in [5.74, 6) is 0.868. The molecule has 2 rings (SSSR count). The van der Waals surface area contributed by atoms with Gasteiger partial charge in [0.2, 0.25) is 0 Å². The summed E-state index contributed by atoms with van der Waals surface area (Å²) < 4.78 is 4.74. The van der Waals surface area contributed by atoms with Crippen molar-refractivity contribution in [3.63, 3.8) is 0 Å². The van der Waals surface area contributed by atoms with Gasteiger partial charge in [0.05, 0.1) is 6.20 Å². The number of rotatable bonds is 3. The van der Waals surface area contributed by atoms with Crippen LogP contribution in [0.15, 0.2) is 46.1 Å². The monoisotopic (exact) mass is 206 g/mol. The lowest BCUT2D eigenvalue weighted by molar-refractivity contribution is 0.419. The van der Waals surface area contributed by atoms with E-state index >= 15 is 0 Å². The second-order valence-corrected chi connectivity index (χ2v) is 3.94. The maximum absolute atomic E-state index is 5.58. The Kier molecular flexibility index (Phi) is 2.74. The lowest BCUT2D eigenvalue weighted by Gasteiger charge is -1.99. The minimum atomic E-state index is 0.791. The van der Waals surface area contributed by atoms with Crippen LogP contribution in [0.3, 0.4) is 0 Å². The van der Waals surface area contributed by atoms with Gasteiger partial charge in [-0.2, -0.15) is 0 Å². The van der Waals surface area contributed by atoms with Gasteiger partial charge in [-0.25, -0.2) is 0 Å². The first-order valence-corrected chi connectivity index (χ1v) is 5.20. The van der Waals surface area contributed by atoms with Crippen molar-refractivity contribution < 1.29 is 4.52 Å². The van der Waals surface area contributed by atoms with E-state index in [1.165, 1.54) is 4.90 Å². The number of nitrogens with zero attached hydrogens (tertiary/aromatic N) is 1. The van der Waals surface area contributed by atoms with Gasteiger partial charge in [-0.05, 0) is 24.3 Å².